The predicted molar refractivity (Wildman–Crippen MR) is 81.0 cm³/mol. The van der Waals surface area contributed by atoms with E-state index in [1.807, 2.05) is 0 Å². The molecule has 0 saturated heterocycles. The molecule has 1 aromatic rings. The fraction of sp³-hybridized carbons (Fsp3) is 0.647. The second-order valence-electron chi connectivity index (χ2n) is 5.75. The largest absolute Gasteiger partial charge is 0.319 e. The van der Waals surface area contributed by atoms with Gasteiger partial charge in [0.25, 0.3) is 0 Å². The Morgan fingerprint density at radius 1 is 1.28 bits per heavy atom. The van der Waals surface area contributed by atoms with Crippen LogP contribution in [0.1, 0.15) is 44.2 Å². The fourth-order valence-corrected chi connectivity index (χ4v) is 2.88. The van der Waals surface area contributed by atoms with Crippen molar-refractivity contribution >= 4 is 0 Å². The van der Waals surface area contributed by atoms with Gasteiger partial charge in [-0.05, 0) is 50.8 Å². The molecule has 0 aliphatic heterocycles. The van der Waals surface area contributed by atoms with Gasteiger partial charge < -0.3 is 5.32 Å². The highest BCUT2D eigenvalue weighted by Crippen LogP contribution is 2.20. The van der Waals surface area contributed by atoms with E-state index < -0.39 is 0 Å². The Morgan fingerprint density at radius 3 is 2.67 bits per heavy atom. The molecule has 1 aromatic carbocycles. The van der Waals surface area contributed by atoms with Crippen LogP contribution < -0.4 is 5.32 Å². The smallest absolute Gasteiger partial charge is 0.00202 e. The van der Waals surface area contributed by atoms with Crippen molar-refractivity contribution in [1.82, 2.24) is 5.32 Å². The number of benzene rings is 1. The summed E-state index contributed by atoms with van der Waals surface area (Å²) in [7, 11) is 2.06. The monoisotopic (exact) mass is 247 g/mol. The molecule has 1 nitrogen and oxygen atoms in total. The molecule has 0 bridgehead atoms. The molecular weight excluding hydrogens is 218 g/mol. The Morgan fingerprint density at radius 2 is 2.06 bits per heavy atom. The first-order valence-corrected chi connectivity index (χ1v) is 7.35. The Labute approximate surface area is 113 Å². The van der Waals surface area contributed by atoms with Crippen molar-refractivity contribution in [1.29, 1.82) is 0 Å². The molecule has 18 heavy (non-hydrogen) atoms. The number of aryl methyl sites for hydroxylation is 1. The molecule has 1 rings (SSSR count). The molecule has 1 N–H and O–H groups in total. The second kappa shape index (κ2) is 8.31. The van der Waals surface area contributed by atoms with Gasteiger partial charge in [0.2, 0.25) is 0 Å². The molecule has 0 aliphatic rings. The van der Waals surface area contributed by atoms with Crippen LogP contribution in [0.3, 0.4) is 0 Å². The van der Waals surface area contributed by atoms with E-state index >= 15 is 0 Å². The lowest BCUT2D eigenvalue weighted by Crippen LogP contribution is -2.22. The van der Waals surface area contributed by atoms with Crippen molar-refractivity contribution in [2.45, 2.75) is 46.5 Å². The van der Waals surface area contributed by atoms with Crippen molar-refractivity contribution in [3.05, 3.63) is 35.4 Å². The topological polar surface area (TPSA) is 12.0 Å². The third-order valence-corrected chi connectivity index (χ3v) is 3.62. The molecular formula is C17H29N. The molecule has 0 spiro atoms. The zero-order valence-electron chi connectivity index (χ0n) is 12.5. The Balaban J connectivity index is 2.56. The first-order chi connectivity index (χ1) is 8.65. The molecule has 0 heterocycles. The van der Waals surface area contributed by atoms with Gasteiger partial charge in [0.05, 0.1) is 0 Å². The number of hydrogen-bond acceptors (Lipinski definition) is 1. The normalized spacial score (nSPS) is 14.4. The van der Waals surface area contributed by atoms with Crippen LogP contribution in [-0.2, 0) is 6.42 Å². The summed E-state index contributed by atoms with van der Waals surface area (Å²) in [6.07, 6.45) is 5.20. The maximum Gasteiger partial charge on any atom is -0.00202 e. The van der Waals surface area contributed by atoms with Crippen LogP contribution >= 0.6 is 0 Å². The molecule has 102 valence electrons. The summed E-state index contributed by atoms with van der Waals surface area (Å²) in [6.45, 7) is 7.98. The van der Waals surface area contributed by atoms with Gasteiger partial charge in [-0.25, -0.2) is 0 Å². The minimum Gasteiger partial charge on any atom is -0.319 e. The Hall–Kier alpha value is -0.820. The average molecular weight is 247 g/mol. The molecule has 0 radical (unpaired) electrons. The lowest BCUT2D eigenvalue weighted by molar-refractivity contribution is 0.361. The highest BCUT2D eigenvalue weighted by atomic mass is 14.8. The van der Waals surface area contributed by atoms with Crippen molar-refractivity contribution in [2.75, 3.05) is 13.6 Å². The van der Waals surface area contributed by atoms with Crippen LogP contribution in [0.25, 0.3) is 0 Å². The van der Waals surface area contributed by atoms with Gasteiger partial charge in [0, 0.05) is 0 Å². The molecule has 0 saturated carbocycles. The maximum absolute atomic E-state index is 3.35. The van der Waals surface area contributed by atoms with Gasteiger partial charge in [-0.15, -0.1) is 0 Å². The predicted octanol–water partition coefficient (Wildman–Crippen LogP) is 4.20. The highest BCUT2D eigenvalue weighted by molar-refractivity contribution is 5.22. The van der Waals surface area contributed by atoms with Crippen molar-refractivity contribution in [2.24, 2.45) is 11.8 Å². The third-order valence-electron chi connectivity index (χ3n) is 3.62. The van der Waals surface area contributed by atoms with E-state index in [0.29, 0.717) is 0 Å². The summed E-state index contributed by atoms with van der Waals surface area (Å²) in [5, 5.41) is 3.35. The number of nitrogens with one attached hydrogen (secondary N) is 1. The summed E-state index contributed by atoms with van der Waals surface area (Å²) >= 11 is 0. The summed E-state index contributed by atoms with van der Waals surface area (Å²) in [5.74, 6) is 1.61. The molecule has 0 amide bonds. The minimum absolute atomic E-state index is 0.762. The fourth-order valence-electron chi connectivity index (χ4n) is 2.88. The first-order valence-electron chi connectivity index (χ1n) is 7.35. The summed E-state index contributed by atoms with van der Waals surface area (Å²) in [5.41, 5.74) is 2.86. The summed E-state index contributed by atoms with van der Waals surface area (Å²) in [6, 6.07) is 8.94. The van der Waals surface area contributed by atoms with Crippen LogP contribution in [-0.4, -0.2) is 13.6 Å². The molecule has 1 heteroatoms. The van der Waals surface area contributed by atoms with E-state index in [0.717, 1.165) is 18.4 Å². The average Bonchev–Trinajstić information content (AvgIpc) is 2.29. The SMILES string of the molecule is CCCC(C)CC(CNC)Cc1cccc(C)c1. The van der Waals surface area contributed by atoms with Gasteiger partial charge >= 0.3 is 0 Å². The Kier molecular flexibility index (Phi) is 7.04. The zero-order chi connectivity index (χ0) is 13.4. The number of rotatable bonds is 8. The zero-order valence-corrected chi connectivity index (χ0v) is 12.5. The first kappa shape index (κ1) is 15.2. The van der Waals surface area contributed by atoms with Crippen LogP contribution in [0.2, 0.25) is 0 Å². The van der Waals surface area contributed by atoms with Crippen LogP contribution in [0.15, 0.2) is 24.3 Å². The van der Waals surface area contributed by atoms with Gasteiger partial charge in [-0.2, -0.15) is 0 Å². The number of hydrogen-bond donors (Lipinski definition) is 1. The quantitative estimate of drug-likeness (QED) is 0.726. The standard InChI is InChI=1S/C17H29N/c1-5-7-14(2)11-17(13-18-4)12-16-9-6-8-15(3)10-16/h6,8-10,14,17-18H,5,7,11-13H2,1-4H3. The molecule has 0 aliphatic carbocycles. The lowest BCUT2D eigenvalue weighted by Gasteiger charge is -2.21. The molecule has 2 atom stereocenters. The molecule has 0 fully saturated rings. The van der Waals surface area contributed by atoms with E-state index in [4.69, 9.17) is 0 Å². The van der Waals surface area contributed by atoms with Gasteiger partial charge in [0.15, 0.2) is 0 Å². The molecule has 2 unspecified atom stereocenters. The third kappa shape index (κ3) is 5.68. The van der Waals surface area contributed by atoms with E-state index in [9.17, 15) is 0 Å². The maximum atomic E-state index is 3.35. The van der Waals surface area contributed by atoms with Crippen LogP contribution in [0.4, 0.5) is 0 Å². The minimum atomic E-state index is 0.762. The van der Waals surface area contributed by atoms with Crippen molar-refractivity contribution in [3.63, 3.8) is 0 Å². The van der Waals surface area contributed by atoms with E-state index in [1.54, 1.807) is 0 Å². The van der Waals surface area contributed by atoms with Crippen molar-refractivity contribution < 1.29 is 0 Å². The van der Waals surface area contributed by atoms with Gasteiger partial charge in [-0.3, -0.25) is 0 Å². The van der Waals surface area contributed by atoms with E-state index in [2.05, 4.69) is 57.4 Å². The summed E-state index contributed by atoms with van der Waals surface area (Å²) in [4.78, 5) is 0. The summed E-state index contributed by atoms with van der Waals surface area (Å²) < 4.78 is 0. The van der Waals surface area contributed by atoms with Gasteiger partial charge in [0.1, 0.15) is 0 Å². The lowest BCUT2D eigenvalue weighted by atomic mass is 9.88. The van der Waals surface area contributed by atoms with Crippen molar-refractivity contribution in [3.8, 4) is 0 Å². The Bertz CT molecular complexity index is 332. The second-order valence-corrected chi connectivity index (χ2v) is 5.75. The molecule has 0 aromatic heterocycles. The highest BCUT2D eigenvalue weighted by Gasteiger charge is 2.13. The van der Waals surface area contributed by atoms with Crippen LogP contribution in [0, 0.1) is 18.8 Å². The van der Waals surface area contributed by atoms with Crippen LogP contribution in [0.5, 0.6) is 0 Å². The van der Waals surface area contributed by atoms with E-state index in [1.165, 1.54) is 36.8 Å². The van der Waals surface area contributed by atoms with Gasteiger partial charge in [-0.1, -0.05) is 56.5 Å². The van der Waals surface area contributed by atoms with E-state index in [-0.39, 0.29) is 0 Å².